The van der Waals surface area contributed by atoms with Crippen LogP contribution in [0.5, 0.6) is 0 Å². The number of fused-ring (bicyclic) bond motifs is 2. The molecule has 0 aliphatic carbocycles. The number of hydrogen-bond acceptors (Lipinski definition) is 1. The third-order valence-corrected chi connectivity index (χ3v) is 4.37. The van der Waals surface area contributed by atoms with E-state index in [1.165, 1.54) is 27.1 Å². The van der Waals surface area contributed by atoms with Gasteiger partial charge in [-0.25, -0.2) is 0 Å². The van der Waals surface area contributed by atoms with Crippen LogP contribution in [0.2, 0.25) is 0 Å². The normalized spacial score (nSPS) is 13.2. The lowest BCUT2D eigenvalue weighted by Crippen LogP contribution is -2.41. The van der Waals surface area contributed by atoms with Crippen LogP contribution in [0, 0.1) is 5.41 Å². The maximum absolute atomic E-state index is 12.1. The molecule has 1 N–H and O–H groups in total. The lowest BCUT2D eigenvalue weighted by atomic mass is 9.94. The highest BCUT2D eigenvalue weighted by molar-refractivity contribution is 5.98. The highest BCUT2D eigenvalue weighted by Gasteiger charge is 2.22. The Morgan fingerprint density at radius 2 is 1.50 bits per heavy atom. The van der Waals surface area contributed by atoms with E-state index < -0.39 is 0 Å². The summed E-state index contributed by atoms with van der Waals surface area (Å²) in [6.45, 7) is 7.89. The van der Waals surface area contributed by atoms with Crippen LogP contribution in [0.1, 0.15) is 33.3 Å². The zero-order valence-electron chi connectivity index (χ0n) is 14.9. The minimum absolute atomic E-state index is 0.0989. The van der Waals surface area contributed by atoms with E-state index >= 15 is 0 Å². The molecule has 2 nitrogen and oxygen atoms in total. The fourth-order valence-corrected chi connectivity index (χ4v) is 2.96. The van der Waals surface area contributed by atoms with Crippen molar-refractivity contribution >= 4 is 27.5 Å². The second-order valence-electron chi connectivity index (χ2n) is 7.71. The molecule has 2 heteroatoms. The van der Waals surface area contributed by atoms with Gasteiger partial charge in [0.25, 0.3) is 0 Å². The van der Waals surface area contributed by atoms with E-state index in [4.69, 9.17) is 0 Å². The highest BCUT2D eigenvalue weighted by atomic mass is 16.2. The Morgan fingerprint density at radius 1 is 0.917 bits per heavy atom. The van der Waals surface area contributed by atoms with Crippen LogP contribution in [0.3, 0.4) is 0 Å². The van der Waals surface area contributed by atoms with E-state index in [9.17, 15) is 4.79 Å². The van der Waals surface area contributed by atoms with Crippen LogP contribution in [0.4, 0.5) is 0 Å². The quantitative estimate of drug-likeness (QED) is 0.670. The lowest BCUT2D eigenvalue weighted by Gasteiger charge is -2.22. The van der Waals surface area contributed by atoms with Crippen LogP contribution in [0.25, 0.3) is 21.5 Å². The van der Waals surface area contributed by atoms with Gasteiger partial charge in [-0.05, 0) is 52.6 Å². The smallest absolute Gasteiger partial charge is 0.225 e. The average Bonchev–Trinajstić information content (AvgIpc) is 2.51. The zero-order valence-corrected chi connectivity index (χ0v) is 14.9. The second kappa shape index (κ2) is 6.27. The van der Waals surface area contributed by atoms with E-state index in [-0.39, 0.29) is 17.4 Å². The average molecular weight is 319 g/mol. The maximum atomic E-state index is 12.1. The minimum Gasteiger partial charge on any atom is -0.353 e. The van der Waals surface area contributed by atoms with Gasteiger partial charge in [-0.1, -0.05) is 63.2 Å². The van der Waals surface area contributed by atoms with E-state index in [0.717, 1.165) is 6.42 Å². The number of carbonyl (C=O) groups is 1. The topological polar surface area (TPSA) is 29.1 Å². The number of amides is 1. The molecule has 0 fully saturated rings. The molecule has 24 heavy (non-hydrogen) atoms. The van der Waals surface area contributed by atoms with Crippen LogP contribution >= 0.6 is 0 Å². The first-order valence-electron chi connectivity index (χ1n) is 8.55. The summed E-state index contributed by atoms with van der Waals surface area (Å²) in [5, 5.41) is 8.14. The number of carbonyl (C=O) groups excluding carboxylic acids is 1. The van der Waals surface area contributed by atoms with Crippen molar-refractivity contribution in [3.63, 3.8) is 0 Å². The predicted octanol–water partition coefficient (Wildman–Crippen LogP) is 5.09. The van der Waals surface area contributed by atoms with E-state index in [1.54, 1.807) is 0 Å². The van der Waals surface area contributed by atoms with Gasteiger partial charge in [0.05, 0.1) is 0 Å². The van der Waals surface area contributed by atoms with Gasteiger partial charge in [0.1, 0.15) is 0 Å². The molecule has 0 bridgehead atoms. The fraction of sp³-hybridized carbons (Fsp3) is 0.318. The molecule has 124 valence electrons. The first-order valence-corrected chi connectivity index (χ1v) is 8.55. The Kier molecular flexibility index (Phi) is 4.31. The fourth-order valence-electron chi connectivity index (χ4n) is 2.96. The van der Waals surface area contributed by atoms with Crippen molar-refractivity contribution in [2.75, 3.05) is 0 Å². The second-order valence-corrected chi connectivity index (χ2v) is 7.71. The molecule has 0 aliphatic rings. The van der Waals surface area contributed by atoms with E-state index in [0.29, 0.717) is 0 Å². The molecule has 0 aliphatic heterocycles. The predicted molar refractivity (Wildman–Crippen MR) is 102 cm³/mol. The summed E-state index contributed by atoms with van der Waals surface area (Å²) in [4.78, 5) is 12.1. The van der Waals surface area contributed by atoms with Gasteiger partial charge in [-0.15, -0.1) is 0 Å². The number of rotatable bonds is 3. The molecule has 1 amide bonds. The van der Waals surface area contributed by atoms with Crippen molar-refractivity contribution in [1.82, 2.24) is 5.32 Å². The van der Waals surface area contributed by atoms with E-state index in [2.05, 4.69) is 66.8 Å². The summed E-state index contributed by atoms with van der Waals surface area (Å²) in [6, 6.07) is 19.6. The SMILES string of the molecule is CC(Cc1ccc2cc3ccccc3cc2c1)NC(=O)C(C)(C)C. The number of nitrogens with one attached hydrogen (secondary N) is 1. The standard InChI is InChI=1S/C22H25NO/c1-15(23-21(24)22(2,3)4)11-16-9-10-19-13-17-7-5-6-8-18(17)14-20(19)12-16/h5-10,12-15H,11H2,1-4H3,(H,23,24). The van der Waals surface area contributed by atoms with Crippen molar-refractivity contribution < 1.29 is 4.79 Å². The summed E-state index contributed by atoms with van der Waals surface area (Å²) in [5.41, 5.74) is 0.899. The molecule has 3 rings (SSSR count). The van der Waals surface area contributed by atoms with Crippen molar-refractivity contribution in [2.24, 2.45) is 5.41 Å². The highest BCUT2D eigenvalue weighted by Crippen LogP contribution is 2.24. The minimum atomic E-state index is -0.351. The first-order chi connectivity index (χ1) is 11.3. The Balaban J connectivity index is 1.82. The molecule has 3 aromatic rings. The molecule has 0 heterocycles. The molecule has 1 unspecified atom stereocenters. The Labute approximate surface area is 143 Å². The Bertz CT molecular complexity index is 889. The lowest BCUT2D eigenvalue weighted by molar-refractivity contribution is -0.129. The van der Waals surface area contributed by atoms with Gasteiger partial charge in [-0.3, -0.25) is 4.79 Å². The van der Waals surface area contributed by atoms with Crippen LogP contribution in [-0.2, 0) is 11.2 Å². The zero-order chi connectivity index (χ0) is 17.3. The van der Waals surface area contributed by atoms with Gasteiger partial charge in [0, 0.05) is 11.5 Å². The molecule has 1 atom stereocenters. The first kappa shape index (κ1) is 16.5. The Morgan fingerprint density at radius 3 is 2.12 bits per heavy atom. The molecular formula is C22H25NO. The summed E-state index contributed by atoms with van der Waals surface area (Å²) in [5.74, 6) is 0.0989. The number of hydrogen-bond donors (Lipinski definition) is 1. The summed E-state index contributed by atoms with van der Waals surface area (Å²) >= 11 is 0. The molecular weight excluding hydrogens is 294 g/mol. The third kappa shape index (κ3) is 3.59. The molecule has 0 aromatic heterocycles. The molecule has 0 saturated carbocycles. The van der Waals surface area contributed by atoms with Crippen molar-refractivity contribution in [3.05, 3.63) is 60.2 Å². The molecule has 0 radical (unpaired) electrons. The summed E-state index contributed by atoms with van der Waals surface area (Å²) in [7, 11) is 0. The molecule has 0 spiro atoms. The van der Waals surface area contributed by atoms with Gasteiger partial charge in [-0.2, -0.15) is 0 Å². The summed E-state index contributed by atoms with van der Waals surface area (Å²) in [6.07, 6.45) is 0.838. The number of benzene rings is 3. The molecule has 0 saturated heterocycles. The van der Waals surface area contributed by atoms with Crippen molar-refractivity contribution in [3.8, 4) is 0 Å². The monoisotopic (exact) mass is 319 g/mol. The Hall–Kier alpha value is -2.35. The summed E-state index contributed by atoms with van der Waals surface area (Å²) < 4.78 is 0. The largest absolute Gasteiger partial charge is 0.353 e. The third-order valence-electron chi connectivity index (χ3n) is 4.37. The van der Waals surface area contributed by atoms with Crippen molar-refractivity contribution in [2.45, 2.75) is 40.2 Å². The van der Waals surface area contributed by atoms with Gasteiger partial charge in [0.2, 0.25) is 5.91 Å². The molecule has 3 aromatic carbocycles. The van der Waals surface area contributed by atoms with Gasteiger partial charge in [0.15, 0.2) is 0 Å². The maximum Gasteiger partial charge on any atom is 0.225 e. The van der Waals surface area contributed by atoms with Gasteiger partial charge < -0.3 is 5.32 Å². The van der Waals surface area contributed by atoms with Crippen molar-refractivity contribution in [1.29, 1.82) is 0 Å². The van der Waals surface area contributed by atoms with Crippen LogP contribution in [-0.4, -0.2) is 11.9 Å². The van der Waals surface area contributed by atoms with Gasteiger partial charge >= 0.3 is 0 Å². The van der Waals surface area contributed by atoms with E-state index in [1.807, 2.05) is 20.8 Å². The van der Waals surface area contributed by atoms with Crippen LogP contribution in [0.15, 0.2) is 54.6 Å². The van der Waals surface area contributed by atoms with Crippen LogP contribution < -0.4 is 5.32 Å².